The van der Waals surface area contributed by atoms with Crippen molar-refractivity contribution in [3.05, 3.63) is 65.7 Å². The molecule has 1 aliphatic rings. The molecule has 1 amide bonds. The molecule has 1 aliphatic heterocycles. The summed E-state index contributed by atoms with van der Waals surface area (Å²) in [5, 5.41) is 2.81. The zero-order valence-electron chi connectivity index (χ0n) is 17.8. The third kappa shape index (κ3) is 5.92. The molecular weight excluding hydrogens is 416 g/mol. The maximum Gasteiger partial charge on any atom is 0.310 e. The zero-order valence-corrected chi connectivity index (χ0v) is 18.6. The van der Waals surface area contributed by atoms with Crippen molar-refractivity contribution in [3.8, 4) is 0 Å². The highest BCUT2D eigenvalue weighted by Crippen LogP contribution is 2.26. The Kier molecular flexibility index (Phi) is 7.46. The highest BCUT2D eigenvalue weighted by atomic mass is 32.2. The molecule has 166 valence electrons. The summed E-state index contributed by atoms with van der Waals surface area (Å²) in [5.41, 5.74) is 2.26. The Bertz CT molecular complexity index is 998. The molecule has 0 unspecified atom stereocenters. The van der Waals surface area contributed by atoms with Gasteiger partial charge in [0.1, 0.15) is 0 Å². The maximum absolute atomic E-state index is 13.0. The Hall–Kier alpha value is -2.71. The average Bonchev–Trinajstić information content (AvgIpc) is 2.79. The molecule has 2 aromatic carbocycles. The van der Waals surface area contributed by atoms with Crippen LogP contribution in [0.4, 0.5) is 5.69 Å². The van der Waals surface area contributed by atoms with E-state index in [2.05, 4.69) is 5.32 Å². The number of hydrogen-bond donors (Lipinski definition) is 1. The molecule has 31 heavy (non-hydrogen) atoms. The Morgan fingerprint density at radius 1 is 1.06 bits per heavy atom. The summed E-state index contributed by atoms with van der Waals surface area (Å²) in [7, 11) is -3.27. The van der Waals surface area contributed by atoms with Gasteiger partial charge in [-0.15, -0.1) is 0 Å². The van der Waals surface area contributed by atoms with Crippen LogP contribution in [0.2, 0.25) is 0 Å². The molecule has 7 nitrogen and oxygen atoms in total. The van der Waals surface area contributed by atoms with E-state index in [-0.39, 0.29) is 18.8 Å². The van der Waals surface area contributed by atoms with Crippen molar-refractivity contribution in [2.75, 3.05) is 24.2 Å². The third-order valence-corrected chi connectivity index (χ3v) is 7.32. The number of carbonyl (C=O) groups excluding carboxylic acids is 2. The lowest BCUT2D eigenvalue weighted by atomic mass is 9.98. The van der Waals surface area contributed by atoms with Crippen LogP contribution in [0, 0.1) is 12.8 Å². The van der Waals surface area contributed by atoms with E-state index in [9.17, 15) is 18.0 Å². The minimum Gasteiger partial charge on any atom is -0.447 e. The number of hydrogen-bond acceptors (Lipinski definition) is 5. The number of sulfonamides is 1. The minimum atomic E-state index is -3.27. The normalized spacial score (nSPS) is 16.5. The van der Waals surface area contributed by atoms with E-state index < -0.39 is 33.9 Å². The van der Waals surface area contributed by atoms with Crippen molar-refractivity contribution < 1.29 is 22.7 Å². The van der Waals surface area contributed by atoms with E-state index in [1.165, 1.54) is 4.31 Å². The van der Waals surface area contributed by atoms with Crippen molar-refractivity contribution in [2.45, 2.75) is 32.8 Å². The topological polar surface area (TPSA) is 92.8 Å². The predicted molar refractivity (Wildman–Crippen MR) is 119 cm³/mol. The van der Waals surface area contributed by atoms with Crippen molar-refractivity contribution in [3.63, 3.8) is 0 Å². The number of ether oxygens (including phenoxy) is 1. The number of nitrogens with one attached hydrogen (secondary N) is 1. The van der Waals surface area contributed by atoms with E-state index in [1.54, 1.807) is 43.3 Å². The van der Waals surface area contributed by atoms with Crippen LogP contribution < -0.4 is 5.32 Å². The SMILES string of the molecule is CCS(=O)(=O)N1CCC(C(=O)O[C@@H](C(=O)Nc2ccc(C)cc2)c2ccccc2)CC1. The standard InChI is InChI=1S/C23H28N2O5S/c1-3-31(28,29)25-15-13-19(14-16-25)23(27)30-21(18-7-5-4-6-8-18)22(26)24-20-11-9-17(2)10-12-20/h4-12,19,21H,3,13-16H2,1-2H3,(H,24,26)/t21-/m1/s1. The van der Waals surface area contributed by atoms with E-state index in [0.717, 1.165) is 5.56 Å². The van der Waals surface area contributed by atoms with Gasteiger partial charge in [0.25, 0.3) is 5.91 Å². The predicted octanol–water partition coefficient (Wildman–Crippen LogP) is 3.28. The number of anilines is 1. The van der Waals surface area contributed by atoms with Crippen molar-refractivity contribution >= 4 is 27.6 Å². The van der Waals surface area contributed by atoms with Gasteiger partial charge in [0.05, 0.1) is 11.7 Å². The van der Waals surface area contributed by atoms with Gasteiger partial charge in [-0.1, -0.05) is 48.0 Å². The van der Waals surface area contributed by atoms with Crippen molar-refractivity contribution in [2.24, 2.45) is 5.92 Å². The second-order valence-corrected chi connectivity index (χ2v) is 9.91. The second kappa shape index (κ2) is 10.1. The van der Waals surface area contributed by atoms with Gasteiger partial charge in [0, 0.05) is 24.3 Å². The maximum atomic E-state index is 13.0. The summed E-state index contributed by atoms with van der Waals surface area (Å²) in [6.45, 7) is 4.12. The molecule has 0 bridgehead atoms. The zero-order chi connectivity index (χ0) is 22.4. The molecule has 0 aliphatic carbocycles. The molecule has 1 fully saturated rings. The number of aryl methyl sites for hydroxylation is 1. The molecule has 0 aromatic heterocycles. The van der Waals surface area contributed by atoms with Gasteiger partial charge in [-0.25, -0.2) is 12.7 Å². The molecular formula is C23H28N2O5S. The lowest BCUT2D eigenvalue weighted by Crippen LogP contribution is -2.41. The highest BCUT2D eigenvalue weighted by Gasteiger charge is 2.34. The molecule has 3 rings (SSSR count). The highest BCUT2D eigenvalue weighted by molar-refractivity contribution is 7.89. The van der Waals surface area contributed by atoms with Crippen LogP contribution in [0.3, 0.4) is 0 Å². The first kappa shape index (κ1) is 23.0. The monoisotopic (exact) mass is 444 g/mol. The molecule has 0 spiro atoms. The number of piperidine rings is 1. The third-order valence-electron chi connectivity index (χ3n) is 5.44. The van der Waals surface area contributed by atoms with Gasteiger partial charge in [-0.3, -0.25) is 9.59 Å². The smallest absolute Gasteiger partial charge is 0.310 e. The van der Waals surface area contributed by atoms with Crippen LogP contribution in [0.15, 0.2) is 54.6 Å². The summed E-state index contributed by atoms with van der Waals surface area (Å²) in [6.07, 6.45) is -0.342. The molecule has 8 heteroatoms. The first-order valence-corrected chi connectivity index (χ1v) is 12.0. The fraction of sp³-hybridized carbons (Fsp3) is 0.391. The van der Waals surface area contributed by atoms with Gasteiger partial charge in [-0.05, 0) is 38.8 Å². The van der Waals surface area contributed by atoms with Gasteiger partial charge in [0.2, 0.25) is 16.1 Å². The van der Waals surface area contributed by atoms with E-state index in [1.807, 2.05) is 25.1 Å². The van der Waals surface area contributed by atoms with Gasteiger partial charge >= 0.3 is 5.97 Å². The Balaban J connectivity index is 1.70. The number of esters is 1. The molecule has 1 N–H and O–H groups in total. The molecule has 2 aromatic rings. The first-order chi connectivity index (χ1) is 14.8. The fourth-order valence-corrected chi connectivity index (χ4v) is 4.64. The average molecular weight is 445 g/mol. The van der Waals surface area contributed by atoms with Crippen molar-refractivity contribution in [1.82, 2.24) is 4.31 Å². The van der Waals surface area contributed by atoms with Crippen LogP contribution in [0.5, 0.6) is 0 Å². The number of carbonyl (C=O) groups is 2. The van der Waals surface area contributed by atoms with E-state index in [4.69, 9.17) is 4.74 Å². The fourth-order valence-electron chi connectivity index (χ4n) is 3.51. The molecule has 0 saturated carbocycles. The summed E-state index contributed by atoms with van der Waals surface area (Å²) >= 11 is 0. The quantitative estimate of drug-likeness (QED) is 0.662. The van der Waals surface area contributed by atoms with Gasteiger partial charge in [-0.2, -0.15) is 0 Å². The van der Waals surface area contributed by atoms with Crippen LogP contribution in [0.1, 0.15) is 37.0 Å². The summed E-state index contributed by atoms with van der Waals surface area (Å²) in [6, 6.07) is 16.2. The molecule has 0 radical (unpaired) electrons. The lowest BCUT2D eigenvalue weighted by Gasteiger charge is -2.30. The number of rotatable bonds is 7. The molecule has 1 atom stereocenters. The summed E-state index contributed by atoms with van der Waals surface area (Å²) < 4.78 is 31.1. The van der Waals surface area contributed by atoms with Gasteiger partial charge in [0.15, 0.2) is 0 Å². The second-order valence-electron chi connectivity index (χ2n) is 7.66. The molecule has 1 saturated heterocycles. The van der Waals surface area contributed by atoms with Gasteiger partial charge < -0.3 is 10.1 Å². The number of nitrogens with zero attached hydrogens (tertiary/aromatic N) is 1. The van der Waals surface area contributed by atoms with Crippen LogP contribution in [-0.4, -0.2) is 43.4 Å². The van der Waals surface area contributed by atoms with Crippen LogP contribution >= 0.6 is 0 Å². The number of benzene rings is 2. The Morgan fingerprint density at radius 3 is 2.26 bits per heavy atom. The van der Waals surface area contributed by atoms with Crippen molar-refractivity contribution in [1.29, 1.82) is 0 Å². The number of amides is 1. The van der Waals surface area contributed by atoms with E-state index in [0.29, 0.717) is 24.1 Å². The summed E-state index contributed by atoms with van der Waals surface area (Å²) in [4.78, 5) is 25.8. The molecule has 1 heterocycles. The largest absolute Gasteiger partial charge is 0.447 e. The Morgan fingerprint density at radius 2 is 1.68 bits per heavy atom. The van der Waals surface area contributed by atoms with Crippen LogP contribution in [-0.2, 0) is 24.3 Å². The Labute approximate surface area is 183 Å². The van der Waals surface area contributed by atoms with Crippen LogP contribution in [0.25, 0.3) is 0 Å². The first-order valence-electron chi connectivity index (χ1n) is 10.4. The summed E-state index contributed by atoms with van der Waals surface area (Å²) in [5.74, 6) is -1.32. The van der Waals surface area contributed by atoms with E-state index >= 15 is 0 Å². The lowest BCUT2D eigenvalue weighted by molar-refractivity contribution is -0.160. The minimum absolute atomic E-state index is 0.0391.